The number of imidazole rings is 1. The molecule has 170 valence electrons. The lowest BCUT2D eigenvalue weighted by Gasteiger charge is -2.35. The predicted octanol–water partition coefficient (Wildman–Crippen LogP) is 2.94. The molecule has 2 aliphatic rings. The largest absolute Gasteiger partial charge is 0.336 e. The zero-order chi connectivity index (χ0) is 22.8. The second kappa shape index (κ2) is 9.41. The van der Waals surface area contributed by atoms with Crippen molar-refractivity contribution in [2.45, 2.75) is 11.6 Å². The van der Waals surface area contributed by atoms with Crippen molar-refractivity contribution < 1.29 is 9.59 Å². The summed E-state index contributed by atoms with van der Waals surface area (Å²) in [5.74, 6) is 0.177. The Morgan fingerprint density at radius 3 is 2.48 bits per heavy atom. The topological polar surface area (TPSA) is 61.7 Å². The molecule has 3 heterocycles. The Balaban J connectivity index is 1.16. The zero-order valence-corrected chi connectivity index (χ0v) is 19.5. The molecular formula is C25H27N5O2S. The lowest BCUT2D eigenvalue weighted by atomic mass is 10.1. The van der Waals surface area contributed by atoms with Gasteiger partial charge in [-0.15, -0.1) is 0 Å². The van der Waals surface area contributed by atoms with E-state index in [-0.39, 0.29) is 11.8 Å². The van der Waals surface area contributed by atoms with Crippen LogP contribution in [0, 0.1) is 0 Å². The molecule has 8 heteroatoms. The minimum Gasteiger partial charge on any atom is -0.336 e. The Morgan fingerprint density at radius 1 is 0.970 bits per heavy atom. The Kier molecular flexibility index (Phi) is 6.20. The summed E-state index contributed by atoms with van der Waals surface area (Å²) in [5, 5.41) is 0.914. The van der Waals surface area contributed by atoms with Crippen molar-refractivity contribution in [1.82, 2.24) is 19.4 Å². The molecule has 0 atom stereocenters. The molecule has 0 radical (unpaired) electrons. The van der Waals surface area contributed by atoms with Crippen molar-refractivity contribution in [3.63, 3.8) is 0 Å². The molecule has 0 unspecified atom stereocenters. The van der Waals surface area contributed by atoms with Gasteiger partial charge in [-0.1, -0.05) is 30.0 Å². The van der Waals surface area contributed by atoms with E-state index in [1.54, 1.807) is 18.0 Å². The molecule has 1 fully saturated rings. The first-order valence-corrected chi connectivity index (χ1v) is 12.4. The maximum absolute atomic E-state index is 13.0. The number of hydrogen-bond acceptors (Lipinski definition) is 5. The summed E-state index contributed by atoms with van der Waals surface area (Å²) < 4.78 is 2.01. The summed E-state index contributed by atoms with van der Waals surface area (Å²) in [6, 6.07) is 15.8. The summed E-state index contributed by atoms with van der Waals surface area (Å²) in [4.78, 5) is 36.1. The van der Waals surface area contributed by atoms with E-state index in [1.165, 1.54) is 5.56 Å². The fraction of sp³-hybridized carbons (Fsp3) is 0.320. The molecule has 0 bridgehead atoms. The molecule has 2 aromatic carbocycles. The van der Waals surface area contributed by atoms with Gasteiger partial charge in [0.15, 0.2) is 5.16 Å². The third kappa shape index (κ3) is 4.41. The van der Waals surface area contributed by atoms with Crippen LogP contribution in [-0.2, 0) is 11.2 Å². The zero-order valence-electron chi connectivity index (χ0n) is 18.7. The minimum atomic E-state index is 0.0386. The summed E-state index contributed by atoms with van der Waals surface area (Å²) >= 11 is 1.58. The molecule has 0 aliphatic carbocycles. The van der Waals surface area contributed by atoms with Crippen LogP contribution >= 0.6 is 11.8 Å². The van der Waals surface area contributed by atoms with E-state index in [2.05, 4.69) is 16.0 Å². The molecule has 0 N–H and O–H groups in total. The average Bonchev–Trinajstić information content (AvgIpc) is 3.51. The fourth-order valence-corrected chi connectivity index (χ4v) is 5.10. The number of aromatic nitrogens is 2. The van der Waals surface area contributed by atoms with Crippen molar-refractivity contribution >= 4 is 29.3 Å². The number of anilines is 1. The van der Waals surface area contributed by atoms with Crippen LogP contribution in [0.4, 0.5) is 5.69 Å². The smallest absolute Gasteiger partial charge is 0.253 e. The van der Waals surface area contributed by atoms with Gasteiger partial charge in [0.1, 0.15) is 0 Å². The number of carbonyl (C=O) groups excluding carboxylic acids is 2. The highest BCUT2D eigenvalue weighted by Crippen LogP contribution is 2.27. The number of carbonyl (C=O) groups is 2. The molecule has 5 rings (SSSR count). The maximum atomic E-state index is 13.0. The van der Waals surface area contributed by atoms with E-state index >= 15 is 0 Å². The molecule has 0 spiro atoms. The van der Waals surface area contributed by atoms with Crippen molar-refractivity contribution in [1.29, 1.82) is 0 Å². The number of para-hydroxylation sites is 1. The first-order chi connectivity index (χ1) is 16.1. The van der Waals surface area contributed by atoms with Gasteiger partial charge in [0.05, 0.1) is 6.54 Å². The monoisotopic (exact) mass is 461 g/mol. The molecular weight excluding hydrogens is 434 g/mol. The van der Waals surface area contributed by atoms with Gasteiger partial charge in [-0.3, -0.25) is 19.1 Å². The Morgan fingerprint density at radius 2 is 1.73 bits per heavy atom. The highest BCUT2D eigenvalue weighted by Gasteiger charge is 2.28. The second-order valence-corrected chi connectivity index (χ2v) is 9.10. The first kappa shape index (κ1) is 21.7. The lowest BCUT2D eigenvalue weighted by Crippen LogP contribution is -2.51. The normalized spacial score (nSPS) is 16.2. The van der Waals surface area contributed by atoms with Crippen molar-refractivity contribution in [2.24, 2.45) is 0 Å². The summed E-state index contributed by atoms with van der Waals surface area (Å²) in [5.41, 5.74) is 3.95. The molecule has 2 amide bonds. The summed E-state index contributed by atoms with van der Waals surface area (Å²) in [6.07, 6.45) is 6.61. The van der Waals surface area contributed by atoms with Gasteiger partial charge in [-0.05, 0) is 48.6 Å². The van der Waals surface area contributed by atoms with Gasteiger partial charge >= 0.3 is 0 Å². The van der Waals surface area contributed by atoms with Crippen LogP contribution in [0.5, 0.6) is 0 Å². The molecule has 7 nitrogen and oxygen atoms in total. The third-order valence-corrected chi connectivity index (χ3v) is 7.06. The standard InChI is InChI=1S/C25H27N5O2S/c1-33-25-26-11-13-29(25)21-8-6-20(7-9-21)24(32)28-16-14-27(15-17-28)18-23(31)30-12-10-19-4-2-3-5-22(19)30/h2-9,11,13H,10,12,14-18H2,1H3. The van der Waals surface area contributed by atoms with Gasteiger partial charge < -0.3 is 9.80 Å². The number of amides is 2. The number of thioether (sulfide) groups is 1. The van der Waals surface area contributed by atoms with E-state index in [4.69, 9.17) is 0 Å². The van der Waals surface area contributed by atoms with E-state index < -0.39 is 0 Å². The van der Waals surface area contributed by atoms with Gasteiger partial charge in [0.2, 0.25) is 5.91 Å². The van der Waals surface area contributed by atoms with Crippen molar-refractivity contribution in [3.8, 4) is 5.69 Å². The number of rotatable bonds is 5. The average molecular weight is 462 g/mol. The quantitative estimate of drug-likeness (QED) is 0.547. The summed E-state index contributed by atoms with van der Waals surface area (Å²) in [6.45, 7) is 3.82. The third-order valence-electron chi connectivity index (χ3n) is 6.39. The number of piperazine rings is 1. The Hall–Kier alpha value is -3.10. The van der Waals surface area contributed by atoms with E-state index in [0.29, 0.717) is 38.3 Å². The van der Waals surface area contributed by atoms with Gasteiger partial charge in [-0.25, -0.2) is 4.98 Å². The summed E-state index contributed by atoms with van der Waals surface area (Å²) in [7, 11) is 0. The highest BCUT2D eigenvalue weighted by atomic mass is 32.2. The molecule has 3 aromatic rings. The number of hydrogen-bond donors (Lipinski definition) is 0. The van der Waals surface area contributed by atoms with E-state index in [9.17, 15) is 9.59 Å². The van der Waals surface area contributed by atoms with Crippen LogP contribution in [0.25, 0.3) is 5.69 Å². The number of nitrogens with zero attached hydrogens (tertiary/aromatic N) is 5. The highest BCUT2D eigenvalue weighted by molar-refractivity contribution is 7.98. The number of benzene rings is 2. The van der Waals surface area contributed by atoms with Crippen LogP contribution in [0.3, 0.4) is 0 Å². The SMILES string of the molecule is CSc1nccn1-c1ccc(C(=O)N2CCN(CC(=O)N3CCc4ccccc43)CC2)cc1. The maximum Gasteiger partial charge on any atom is 0.253 e. The Labute approximate surface area is 198 Å². The fourth-order valence-electron chi connectivity index (χ4n) is 4.57. The van der Waals surface area contributed by atoms with Gasteiger partial charge in [-0.2, -0.15) is 0 Å². The van der Waals surface area contributed by atoms with Crippen molar-refractivity contribution in [3.05, 3.63) is 72.1 Å². The predicted molar refractivity (Wildman–Crippen MR) is 130 cm³/mol. The van der Waals surface area contributed by atoms with E-state index in [0.717, 1.165) is 29.5 Å². The molecule has 1 aromatic heterocycles. The molecule has 2 aliphatic heterocycles. The lowest BCUT2D eigenvalue weighted by molar-refractivity contribution is -0.120. The van der Waals surface area contributed by atoms with Crippen LogP contribution < -0.4 is 4.90 Å². The van der Waals surface area contributed by atoms with Crippen LogP contribution in [0.2, 0.25) is 0 Å². The van der Waals surface area contributed by atoms with Crippen molar-refractivity contribution in [2.75, 3.05) is 50.4 Å². The van der Waals surface area contributed by atoms with Gasteiger partial charge in [0, 0.05) is 62.1 Å². The van der Waals surface area contributed by atoms with E-state index in [1.807, 2.05) is 69.3 Å². The number of fused-ring (bicyclic) bond motifs is 1. The molecule has 33 heavy (non-hydrogen) atoms. The molecule has 0 saturated carbocycles. The minimum absolute atomic E-state index is 0.0386. The van der Waals surface area contributed by atoms with Crippen LogP contribution in [0.1, 0.15) is 15.9 Å². The second-order valence-electron chi connectivity index (χ2n) is 8.32. The molecule has 1 saturated heterocycles. The van der Waals surface area contributed by atoms with Crippen LogP contribution in [-0.4, -0.2) is 76.7 Å². The Bertz CT molecular complexity index is 1150. The van der Waals surface area contributed by atoms with Crippen LogP contribution in [0.15, 0.2) is 66.1 Å². The van der Waals surface area contributed by atoms with Gasteiger partial charge in [0.25, 0.3) is 5.91 Å². The first-order valence-electron chi connectivity index (χ1n) is 11.2.